The van der Waals surface area contributed by atoms with E-state index in [4.69, 9.17) is 9.47 Å². The van der Waals surface area contributed by atoms with Crippen LogP contribution >= 0.6 is 0 Å². The Morgan fingerprint density at radius 3 is 2.67 bits per heavy atom. The van der Waals surface area contributed by atoms with Crippen molar-refractivity contribution in [1.29, 1.82) is 0 Å². The number of rotatable bonds is 4. The molecule has 1 atom stereocenters. The van der Waals surface area contributed by atoms with Gasteiger partial charge in [-0.25, -0.2) is 0 Å². The normalized spacial score (nSPS) is 16.7. The average Bonchev–Trinajstić information content (AvgIpc) is 3.01. The van der Waals surface area contributed by atoms with Gasteiger partial charge in [0, 0.05) is 12.6 Å². The van der Waals surface area contributed by atoms with Crippen LogP contribution in [0, 0.1) is 5.92 Å². The zero-order chi connectivity index (χ0) is 19.0. The summed E-state index contributed by atoms with van der Waals surface area (Å²) in [5.74, 6) is 1.69. The Bertz CT molecular complexity index is 857. The number of hydrogen-bond acceptors (Lipinski definition) is 4. The van der Waals surface area contributed by atoms with E-state index < -0.39 is 0 Å². The number of aryl methyl sites for hydroxylation is 2. The quantitative estimate of drug-likeness (QED) is 0.899. The minimum absolute atomic E-state index is 0.0539. The predicted octanol–water partition coefficient (Wildman–Crippen LogP) is 3.20. The molecule has 1 N–H and O–H groups in total. The fourth-order valence-electron chi connectivity index (χ4n) is 4.06. The molecular formula is C21H27N3O3. The summed E-state index contributed by atoms with van der Waals surface area (Å²) in [6, 6.07) is 5.81. The van der Waals surface area contributed by atoms with E-state index in [2.05, 4.69) is 24.3 Å². The van der Waals surface area contributed by atoms with E-state index in [1.807, 2.05) is 25.2 Å². The third-order valence-electron chi connectivity index (χ3n) is 5.41. The lowest BCUT2D eigenvalue weighted by Crippen LogP contribution is -2.33. The van der Waals surface area contributed by atoms with Gasteiger partial charge in [-0.1, -0.05) is 19.9 Å². The van der Waals surface area contributed by atoms with Crippen molar-refractivity contribution < 1.29 is 14.3 Å². The summed E-state index contributed by atoms with van der Waals surface area (Å²) in [5, 5.41) is 7.81. The van der Waals surface area contributed by atoms with E-state index in [1.54, 1.807) is 4.68 Å². The second-order valence-electron chi connectivity index (χ2n) is 7.70. The van der Waals surface area contributed by atoms with Crippen LogP contribution in [-0.2, 0) is 19.9 Å². The molecular weight excluding hydrogens is 342 g/mol. The van der Waals surface area contributed by atoms with Crippen LogP contribution < -0.4 is 14.8 Å². The molecule has 0 saturated heterocycles. The Balaban J connectivity index is 1.61. The number of ether oxygens (including phenoxy) is 2. The lowest BCUT2D eigenvalue weighted by molar-refractivity contribution is 0.0914. The molecule has 4 rings (SSSR count). The van der Waals surface area contributed by atoms with E-state index in [9.17, 15) is 4.79 Å². The molecule has 0 unspecified atom stereocenters. The molecule has 1 aromatic carbocycles. The lowest BCUT2D eigenvalue weighted by atomic mass is 9.93. The molecule has 1 aliphatic heterocycles. The molecule has 6 nitrogen and oxygen atoms in total. The first-order chi connectivity index (χ1) is 13.0. The molecule has 0 saturated carbocycles. The zero-order valence-corrected chi connectivity index (χ0v) is 16.2. The molecule has 144 valence electrons. The molecule has 0 spiro atoms. The molecule has 27 heavy (non-hydrogen) atoms. The van der Waals surface area contributed by atoms with Gasteiger partial charge in [0.15, 0.2) is 11.5 Å². The topological polar surface area (TPSA) is 65.4 Å². The van der Waals surface area contributed by atoms with Crippen molar-refractivity contribution in [2.45, 2.75) is 45.6 Å². The van der Waals surface area contributed by atoms with Crippen molar-refractivity contribution in [1.82, 2.24) is 15.1 Å². The monoisotopic (exact) mass is 369 g/mol. The zero-order valence-electron chi connectivity index (χ0n) is 16.2. The van der Waals surface area contributed by atoms with Gasteiger partial charge in [0.1, 0.15) is 18.9 Å². The SMILES string of the molecule is CC(C)[C@H](NC(=O)c1c2c(nn1C)CCCC2)c1ccc2c(c1)OCCO2. The second-order valence-corrected chi connectivity index (χ2v) is 7.70. The van der Waals surface area contributed by atoms with Crippen molar-refractivity contribution in [3.05, 3.63) is 40.7 Å². The van der Waals surface area contributed by atoms with Gasteiger partial charge in [-0.2, -0.15) is 5.10 Å². The van der Waals surface area contributed by atoms with Crippen LogP contribution in [0.2, 0.25) is 0 Å². The summed E-state index contributed by atoms with van der Waals surface area (Å²) >= 11 is 0. The number of carbonyl (C=O) groups is 1. The summed E-state index contributed by atoms with van der Waals surface area (Å²) in [4.78, 5) is 13.1. The maximum absolute atomic E-state index is 13.1. The van der Waals surface area contributed by atoms with Crippen LogP contribution in [0.15, 0.2) is 18.2 Å². The first-order valence-electron chi connectivity index (χ1n) is 9.79. The number of carbonyl (C=O) groups excluding carboxylic acids is 1. The highest BCUT2D eigenvalue weighted by molar-refractivity contribution is 5.94. The number of hydrogen-bond donors (Lipinski definition) is 1. The number of amides is 1. The standard InChI is InChI=1S/C21H27N3O3/c1-13(2)19(14-8-9-17-18(12-14)27-11-10-26-17)22-21(25)20-15-6-4-5-7-16(15)23-24(20)3/h8-9,12-13,19H,4-7,10-11H2,1-3H3,(H,22,25)/t19-/m0/s1. The Labute approximate surface area is 159 Å². The van der Waals surface area contributed by atoms with Gasteiger partial charge in [0.2, 0.25) is 0 Å². The van der Waals surface area contributed by atoms with Crippen molar-refractivity contribution in [3.8, 4) is 11.5 Å². The van der Waals surface area contributed by atoms with E-state index in [-0.39, 0.29) is 17.9 Å². The van der Waals surface area contributed by atoms with Gasteiger partial charge in [-0.3, -0.25) is 9.48 Å². The molecule has 1 aliphatic carbocycles. The van der Waals surface area contributed by atoms with Crippen LogP contribution in [0.4, 0.5) is 0 Å². The van der Waals surface area contributed by atoms with Crippen LogP contribution in [0.3, 0.4) is 0 Å². The summed E-state index contributed by atoms with van der Waals surface area (Å²) in [6.07, 6.45) is 4.17. The number of nitrogens with zero attached hydrogens (tertiary/aromatic N) is 2. The Kier molecular flexibility index (Phi) is 4.81. The highest BCUT2D eigenvalue weighted by Gasteiger charge is 2.27. The molecule has 0 bridgehead atoms. The van der Waals surface area contributed by atoms with E-state index in [0.29, 0.717) is 18.9 Å². The molecule has 1 aromatic heterocycles. The third-order valence-corrected chi connectivity index (χ3v) is 5.41. The summed E-state index contributed by atoms with van der Waals surface area (Å²) in [7, 11) is 1.86. The maximum Gasteiger partial charge on any atom is 0.270 e. The van der Waals surface area contributed by atoms with E-state index in [1.165, 1.54) is 0 Å². The fraction of sp³-hybridized carbons (Fsp3) is 0.524. The van der Waals surface area contributed by atoms with Crippen molar-refractivity contribution >= 4 is 5.91 Å². The van der Waals surface area contributed by atoms with Crippen LogP contribution in [0.25, 0.3) is 0 Å². The van der Waals surface area contributed by atoms with Gasteiger partial charge in [0.05, 0.1) is 11.7 Å². The minimum Gasteiger partial charge on any atom is -0.486 e. The largest absolute Gasteiger partial charge is 0.486 e. The van der Waals surface area contributed by atoms with Crippen molar-refractivity contribution in [2.75, 3.05) is 13.2 Å². The molecule has 2 aromatic rings. The highest BCUT2D eigenvalue weighted by Crippen LogP contribution is 2.34. The van der Waals surface area contributed by atoms with Crippen LogP contribution in [0.5, 0.6) is 11.5 Å². The number of fused-ring (bicyclic) bond motifs is 2. The second kappa shape index (κ2) is 7.25. The van der Waals surface area contributed by atoms with Gasteiger partial charge < -0.3 is 14.8 Å². The molecule has 2 heterocycles. The number of nitrogens with one attached hydrogen (secondary N) is 1. The molecule has 2 aliphatic rings. The smallest absolute Gasteiger partial charge is 0.270 e. The average molecular weight is 369 g/mol. The number of benzene rings is 1. The van der Waals surface area contributed by atoms with Gasteiger partial charge in [-0.15, -0.1) is 0 Å². The Morgan fingerprint density at radius 2 is 1.89 bits per heavy atom. The fourth-order valence-corrected chi connectivity index (χ4v) is 4.06. The summed E-state index contributed by atoms with van der Waals surface area (Å²) in [6.45, 7) is 5.35. The van der Waals surface area contributed by atoms with Crippen molar-refractivity contribution in [3.63, 3.8) is 0 Å². The molecule has 1 amide bonds. The third kappa shape index (κ3) is 3.40. The van der Waals surface area contributed by atoms with Crippen LogP contribution in [0.1, 0.15) is 60.0 Å². The molecule has 0 radical (unpaired) electrons. The van der Waals surface area contributed by atoms with Crippen molar-refractivity contribution in [2.24, 2.45) is 13.0 Å². The summed E-state index contributed by atoms with van der Waals surface area (Å²) < 4.78 is 13.1. The van der Waals surface area contributed by atoms with Gasteiger partial charge in [-0.05, 0) is 49.3 Å². The molecule has 6 heteroatoms. The highest BCUT2D eigenvalue weighted by atomic mass is 16.6. The number of aromatic nitrogens is 2. The first-order valence-corrected chi connectivity index (χ1v) is 9.79. The predicted molar refractivity (Wildman–Crippen MR) is 102 cm³/mol. The van der Waals surface area contributed by atoms with E-state index >= 15 is 0 Å². The lowest BCUT2D eigenvalue weighted by Gasteiger charge is -2.25. The maximum atomic E-state index is 13.1. The Morgan fingerprint density at radius 1 is 1.15 bits per heavy atom. The van der Waals surface area contributed by atoms with Gasteiger partial charge >= 0.3 is 0 Å². The van der Waals surface area contributed by atoms with Crippen LogP contribution in [-0.4, -0.2) is 28.9 Å². The van der Waals surface area contributed by atoms with E-state index in [0.717, 1.165) is 54.0 Å². The van der Waals surface area contributed by atoms with Gasteiger partial charge in [0.25, 0.3) is 5.91 Å². The first kappa shape index (κ1) is 17.9. The molecule has 0 fully saturated rings. The summed E-state index contributed by atoms with van der Waals surface area (Å²) in [5.41, 5.74) is 3.92. The minimum atomic E-state index is -0.109. The Hall–Kier alpha value is -2.50.